The first kappa shape index (κ1) is 22.3. The summed E-state index contributed by atoms with van der Waals surface area (Å²) in [7, 11) is 0. The zero-order valence-electron chi connectivity index (χ0n) is 19.8. The van der Waals surface area contributed by atoms with E-state index in [0.717, 1.165) is 70.1 Å². The van der Waals surface area contributed by atoms with Crippen molar-refractivity contribution in [1.29, 1.82) is 0 Å². The molecule has 0 aliphatic carbocycles. The quantitative estimate of drug-likeness (QED) is 0.454. The van der Waals surface area contributed by atoms with Crippen LogP contribution in [0.3, 0.4) is 0 Å². The summed E-state index contributed by atoms with van der Waals surface area (Å²) in [6, 6.07) is 7.98. The summed E-state index contributed by atoms with van der Waals surface area (Å²) in [5.41, 5.74) is 4.42. The van der Waals surface area contributed by atoms with E-state index in [1.807, 2.05) is 56.9 Å². The molecule has 10 heteroatoms. The zero-order chi connectivity index (χ0) is 23.9. The summed E-state index contributed by atoms with van der Waals surface area (Å²) in [4.78, 5) is 31.6. The fourth-order valence-corrected chi connectivity index (χ4v) is 4.91. The van der Waals surface area contributed by atoms with Gasteiger partial charge in [0.15, 0.2) is 5.13 Å². The Morgan fingerprint density at radius 2 is 1.91 bits per heavy atom. The minimum Gasteiger partial charge on any atom is -0.368 e. The second-order valence-corrected chi connectivity index (χ2v) is 10.5. The summed E-state index contributed by atoms with van der Waals surface area (Å²) in [5, 5.41) is 11.1. The predicted octanol–water partition coefficient (Wildman–Crippen LogP) is 4.22. The topological polar surface area (TPSA) is 103 Å². The molecule has 2 N–H and O–H groups in total. The van der Waals surface area contributed by atoms with Crippen LogP contribution in [0.4, 0.5) is 16.6 Å². The highest BCUT2D eigenvalue weighted by Gasteiger charge is 2.29. The molecule has 34 heavy (non-hydrogen) atoms. The number of aromatic nitrogens is 5. The van der Waals surface area contributed by atoms with E-state index in [4.69, 9.17) is 4.98 Å². The van der Waals surface area contributed by atoms with E-state index in [-0.39, 0.29) is 11.3 Å². The maximum absolute atomic E-state index is 12.6. The summed E-state index contributed by atoms with van der Waals surface area (Å²) in [6.45, 7) is 10.9. The Morgan fingerprint density at radius 3 is 2.62 bits per heavy atom. The van der Waals surface area contributed by atoms with Gasteiger partial charge in [0.1, 0.15) is 16.2 Å². The van der Waals surface area contributed by atoms with Crippen molar-refractivity contribution in [3.8, 4) is 11.3 Å². The predicted molar refractivity (Wildman–Crippen MR) is 136 cm³/mol. The second-order valence-electron chi connectivity index (χ2n) is 9.50. The molecule has 1 fully saturated rings. The molecular weight excluding hydrogens is 448 g/mol. The smallest absolute Gasteiger partial charge is 0.228 e. The molecule has 4 aromatic heterocycles. The first-order valence-electron chi connectivity index (χ1n) is 11.3. The molecule has 1 aliphatic heterocycles. The van der Waals surface area contributed by atoms with Gasteiger partial charge in [-0.3, -0.25) is 9.89 Å². The van der Waals surface area contributed by atoms with Crippen LogP contribution in [0.1, 0.15) is 26.5 Å². The van der Waals surface area contributed by atoms with Crippen LogP contribution >= 0.6 is 11.3 Å². The molecule has 9 nitrogen and oxygen atoms in total. The van der Waals surface area contributed by atoms with E-state index < -0.39 is 0 Å². The summed E-state index contributed by atoms with van der Waals surface area (Å²) >= 11 is 1.49. The fraction of sp³-hybridized carbons (Fsp3) is 0.375. The summed E-state index contributed by atoms with van der Waals surface area (Å²) in [5.74, 6) is 0.940. The monoisotopic (exact) mass is 476 g/mol. The number of amides is 1. The van der Waals surface area contributed by atoms with Crippen molar-refractivity contribution in [1.82, 2.24) is 30.0 Å². The maximum atomic E-state index is 12.6. The minimum absolute atomic E-state index is 0.208. The van der Waals surface area contributed by atoms with Gasteiger partial charge in [0.2, 0.25) is 5.91 Å². The molecule has 5 rings (SSSR count). The molecule has 5 heterocycles. The van der Waals surface area contributed by atoms with E-state index in [0.29, 0.717) is 0 Å². The van der Waals surface area contributed by atoms with Gasteiger partial charge in [-0.05, 0) is 25.1 Å². The van der Waals surface area contributed by atoms with Crippen LogP contribution in [0.25, 0.3) is 21.6 Å². The number of aromatic amines is 1. The van der Waals surface area contributed by atoms with Gasteiger partial charge in [0.25, 0.3) is 0 Å². The average molecular weight is 477 g/mol. The molecule has 4 aromatic rings. The van der Waals surface area contributed by atoms with E-state index >= 15 is 0 Å². The lowest BCUT2D eigenvalue weighted by Gasteiger charge is -2.38. The zero-order valence-corrected chi connectivity index (χ0v) is 20.6. The molecular formula is C24H28N8OS. The third-order valence-corrected chi connectivity index (χ3v) is 6.79. The Balaban J connectivity index is 1.29. The van der Waals surface area contributed by atoms with Crippen molar-refractivity contribution < 1.29 is 4.79 Å². The standard InChI is InChI=1S/C24H28N8OS/c1-15-17(14-26-30-15)18-5-6-19-21(27-18)34-23(28-19)29-20-13-16(7-8-25-20)31-9-11-32(12-10-31)22(33)24(2,3)4/h5-8,13-14H,9-12H2,1-4H3,(H,26,30)(H,25,28,29). The van der Waals surface area contributed by atoms with Gasteiger partial charge >= 0.3 is 0 Å². The molecule has 0 unspecified atom stereocenters. The van der Waals surface area contributed by atoms with E-state index in [9.17, 15) is 4.79 Å². The van der Waals surface area contributed by atoms with Crippen molar-refractivity contribution in [2.45, 2.75) is 27.7 Å². The van der Waals surface area contributed by atoms with Gasteiger partial charge < -0.3 is 15.1 Å². The largest absolute Gasteiger partial charge is 0.368 e. The van der Waals surface area contributed by atoms with Crippen LogP contribution in [0.5, 0.6) is 0 Å². The number of hydrogen-bond acceptors (Lipinski definition) is 8. The molecule has 1 saturated heterocycles. The van der Waals surface area contributed by atoms with Gasteiger partial charge in [-0.2, -0.15) is 5.10 Å². The second kappa shape index (κ2) is 8.68. The molecule has 0 aromatic carbocycles. The van der Waals surface area contributed by atoms with Gasteiger partial charge in [-0.1, -0.05) is 32.1 Å². The summed E-state index contributed by atoms with van der Waals surface area (Å²) < 4.78 is 0. The van der Waals surface area contributed by atoms with Crippen LogP contribution in [0.15, 0.2) is 36.7 Å². The number of hydrogen-bond donors (Lipinski definition) is 2. The molecule has 176 valence electrons. The number of nitrogens with zero attached hydrogens (tertiary/aromatic N) is 6. The number of pyridine rings is 2. The van der Waals surface area contributed by atoms with Crippen molar-refractivity contribution in [2.75, 3.05) is 36.4 Å². The SMILES string of the molecule is Cc1[nH]ncc1-c1ccc2nc(Nc3cc(N4CCN(C(=O)C(C)(C)C)CC4)ccn3)sc2n1. The Bertz CT molecular complexity index is 1330. The highest BCUT2D eigenvalue weighted by molar-refractivity contribution is 7.21. The molecule has 1 amide bonds. The molecule has 0 spiro atoms. The number of carbonyl (C=O) groups excluding carboxylic acids is 1. The highest BCUT2D eigenvalue weighted by Crippen LogP contribution is 2.30. The van der Waals surface area contributed by atoms with Crippen molar-refractivity contribution >= 4 is 44.2 Å². The lowest BCUT2D eigenvalue weighted by molar-refractivity contribution is -0.139. The molecule has 0 bridgehead atoms. The normalized spacial score (nSPS) is 14.6. The Kier molecular flexibility index (Phi) is 5.68. The number of piperazine rings is 1. The average Bonchev–Trinajstić information content (AvgIpc) is 3.43. The Morgan fingerprint density at radius 1 is 1.12 bits per heavy atom. The van der Waals surface area contributed by atoms with Crippen molar-refractivity contribution in [2.24, 2.45) is 5.41 Å². The molecule has 1 aliphatic rings. The van der Waals surface area contributed by atoms with E-state index in [2.05, 4.69) is 30.4 Å². The van der Waals surface area contributed by atoms with Gasteiger partial charge in [-0.25, -0.2) is 15.0 Å². The first-order valence-corrected chi connectivity index (χ1v) is 12.1. The van der Waals surface area contributed by atoms with Crippen LogP contribution in [-0.2, 0) is 4.79 Å². The fourth-order valence-electron chi connectivity index (χ4n) is 4.07. The van der Waals surface area contributed by atoms with Crippen LogP contribution in [0, 0.1) is 12.3 Å². The first-order chi connectivity index (χ1) is 16.3. The number of rotatable bonds is 4. The molecule has 0 atom stereocenters. The minimum atomic E-state index is -0.347. The molecule has 0 radical (unpaired) electrons. The van der Waals surface area contributed by atoms with Gasteiger partial charge in [-0.15, -0.1) is 0 Å². The van der Waals surface area contributed by atoms with Crippen molar-refractivity contribution in [3.05, 3.63) is 42.4 Å². The number of carbonyl (C=O) groups is 1. The summed E-state index contributed by atoms with van der Waals surface area (Å²) in [6.07, 6.45) is 3.59. The molecule has 0 saturated carbocycles. The number of fused-ring (bicyclic) bond motifs is 1. The third-order valence-electron chi connectivity index (χ3n) is 5.91. The van der Waals surface area contributed by atoms with Crippen LogP contribution in [-0.4, -0.2) is 62.1 Å². The van der Waals surface area contributed by atoms with Gasteiger partial charge in [0, 0.05) is 60.8 Å². The van der Waals surface area contributed by atoms with Crippen LogP contribution < -0.4 is 10.2 Å². The Labute approximate surface area is 202 Å². The number of H-pyrrole nitrogens is 1. The van der Waals surface area contributed by atoms with Crippen LogP contribution in [0.2, 0.25) is 0 Å². The maximum Gasteiger partial charge on any atom is 0.228 e. The lowest BCUT2D eigenvalue weighted by atomic mass is 9.94. The lowest BCUT2D eigenvalue weighted by Crippen LogP contribution is -2.51. The van der Waals surface area contributed by atoms with Gasteiger partial charge in [0.05, 0.1) is 11.9 Å². The number of aryl methyl sites for hydroxylation is 1. The number of thiazole rings is 1. The van der Waals surface area contributed by atoms with Crippen molar-refractivity contribution in [3.63, 3.8) is 0 Å². The Hall–Kier alpha value is -3.53. The van der Waals surface area contributed by atoms with E-state index in [1.165, 1.54) is 11.3 Å². The third kappa shape index (κ3) is 4.45. The number of nitrogens with one attached hydrogen (secondary N) is 2. The van der Waals surface area contributed by atoms with E-state index in [1.54, 1.807) is 12.4 Å². The highest BCUT2D eigenvalue weighted by atomic mass is 32.1. The number of anilines is 3.